The normalized spacial score (nSPS) is 12.7. The molecular formula is C13H19FO2. The lowest BCUT2D eigenvalue weighted by Crippen LogP contribution is -2.10. The summed E-state index contributed by atoms with van der Waals surface area (Å²) in [5.74, 6) is 0.0179. The van der Waals surface area contributed by atoms with E-state index < -0.39 is 0 Å². The molecule has 0 saturated carbocycles. The number of hydrogen-bond acceptors (Lipinski definition) is 2. The summed E-state index contributed by atoms with van der Waals surface area (Å²) >= 11 is 0. The quantitative estimate of drug-likeness (QED) is 0.723. The van der Waals surface area contributed by atoms with E-state index in [1.54, 1.807) is 19.2 Å². The Kier molecular flexibility index (Phi) is 6.04. The molecule has 1 rings (SSSR count). The molecule has 0 heterocycles. The lowest BCUT2D eigenvalue weighted by Gasteiger charge is -2.13. The molecule has 0 aliphatic carbocycles. The van der Waals surface area contributed by atoms with E-state index in [-0.39, 0.29) is 18.3 Å². The first-order valence-corrected chi connectivity index (χ1v) is 5.60. The van der Waals surface area contributed by atoms with Crippen LogP contribution in [0.5, 0.6) is 0 Å². The number of methoxy groups -OCH3 is 1. The van der Waals surface area contributed by atoms with Gasteiger partial charge in [0, 0.05) is 20.3 Å². The molecule has 0 bridgehead atoms. The molecule has 1 atom stereocenters. The molecule has 1 unspecified atom stereocenters. The van der Waals surface area contributed by atoms with Crippen molar-refractivity contribution in [2.45, 2.75) is 19.3 Å². The molecule has 2 nitrogen and oxygen atoms in total. The molecule has 0 saturated heterocycles. The number of ether oxygens (including phenoxy) is 1. The van der Waals surface area contributed by atoms with Crippen LogP contribution >= 0.6 is 0 Å². The summed E-state index contributed by atoms with van der Waals surface area (Å²) in [7, 11) is 1.67. The number of rotatable bonds is 7. The number of aliphatic hydroxyl groups excluding tert-OH is 1. The number of halogens is 1. The molecule has 1 N–H and O–H groups in total. The summed E-state index contributed by atoms with van der Waals surface area (Å²) in [6.45, 7) is 0.890. The summed E-state index contributed by atoms with van der Waals surface area (Å²) in [6.07, 6.45) is 2.67. The first-order chi connectivity index (χ1) is 7.76. The Labute approximate surface area is 96.1 Å². The largest absolute Gasteiger partial charge is 0.396 e. The minimum atomic E-state index is -0.219. The van der Waals surface area contributed by atoms with Crippen LogP contribution in [0, 0.1) is 11.7 Å². The van der Waals surface area contributed by atoms with Gasteiger partial charge in [0.1, 0.15) is 5.82 Å². The SMILES string of the molecule is COCCCC(CO)Cc1ccc(F)cc1. The summed E-state index contributed by atoms with van der Waals surface area (Å²) in [6, 6.07) is 6.46. The van der Waals surface area contributed by atoms with E-state index >= 15 is 0 Å². The van der Waals surface area contributed by atoms with Crippen LogP contribution in [0.15, 0.2) is 24.3 Å². The van der Waals surface area contributed by atoms with Gasteiger partial charge in [0.25, 0.3) is 0 Å². The molecule has 0 aromatic heterocycles. The molecule has 0 fully saturated rings. The van der Waals surface area contributed by atoms with E-state index in [0.29, 0.717) is 0 Å². The third-order valence-electron chi connectivity index (χ3n) is 2.66. The van der Waals surface area contributed by atoms with E-state index in [9.17, 15) is 9.50 Å². The van der Waals surface area contributed by atoms with Gasteiger partial charge in [0.05, 0.1) is 0 Å². The van der Waals surface area contributed by atoms with Gasteiger partial charge >= 0.3 is 0 Å². The minimum absolute atomic E-state index is 0.168. The molecule has 0 spiro atoms. The Morgan fingerprint density at radius 1 is 1.31 bits per heavy atom. The van der Waals surface area contributed by atoms with Crippen molar-refractivity contribution in [1.82, 2.24) is 0 Å². The Morgan fingerprint density at radius 2 is 2.00 bits per heavy atom. The maximum atomic E-state index is 12.7. The number of benzene rings is 1. The van der Waals surface area contributed by atoms with Gasteiger partial charge in [-0.2, -0.15) is 0 Å². The second-order valence-corrected chi connectivity index (χ2v) is 4.01. The predicted octanol–water partition coefficient (Wildman–Crippen LogP) is 2.40. The van der Waals surface area contributed by atoms with E-state index in [4.69, 9.17) is 4.74 Å². The minimum Gasteiger partial charge on any atom is -0.396 e. The predicted molar refractivity (Wildman–Crippen MR) is 61.8 cm³/mol. The zero-order valence-corrected chi connectivity index (χ0v) is 9.66. The van der Waals surface area contributed by atoms with Gasteiger partial charge in [-0.25, -0.2) is 4.39 Å². The Morgan fingerprint density at radius 3 is 2.56 bits per heavy atom. The first-order valence-electron chi connectivity index (χ1n) is 5.60. The Bertz CT molecular complexity index is 284. The van der Waals surface area contributed by atoms with E-state index in [1.165, 1.54) is 12.1 Å². The van der Waals surface area contributed by atoms with Gasteiger partial charge in [-0.05, 0) is 42.9 Å². The molecule has 0 aliphatic rings. The van der Waals surface area contributed by atoms with Crippen molar-refractivity contribution >= 4 is 0 Å². The lowest BCUT2D eigenvalue weighted by atomic mass is 9.96. The second-order valence-electron chi connectivity index (χ2n) is 4.01. The molecule has 0 aliphatic heterocycles. The van der Waals surface area contributed by atoms with Crippen molar-refractivity contribution < 1.29 is 14.2 Å². The molecule has 1 aromatic rings. The highest BCUT2D eigenvalue weighted by Crippen LogP contribution is 2.14. The third-order valence-corrected chi connectivity index (χ3v) is 2.66. The summed E-state index contributed by atoms with van der Waals surface area (Å²) < 4.78 is 17.7. The highest BCUT2D eigenvalue weighted by molar-refractivity contribution is 5.16. The van der Waals surface area contributed by atoms with E-state index in [1.807, 2.05) is 0 Å². The van der Waals surface area contributed by atoms with Gasteiger partial charge in [-0.3, -0.25) is 0 Å². The van der Waals surface area contributed by atoms with Gasteiger partial charge in [-0.15, -0.1) is 0 Å². The van der Waals surface area contributed by atoms with Crippen molar-refractivity contribution in [3.8, 4) is 0 Å². The molecule has 1 aromatic carbocycles. The maximum absolute atomic E-state index is 12.7. The van der Waals surface area contributed by atoms with Gasteiger partial charge in [0.15, 0.2) is 0 Å². The van der Waals surface area contributed by atoms with Crippen molar-refractivity contribution in [3.05, 3.63) is 35.6 Å². The van der Waals surface area contributed by atoms with Crippen LogP contribution in [0.3, 0.4) is 0 Å². The smallest absolute Gasteiger partial charge is 0.123 e. The van der Waals surface area contributed by atoms with Crippen molar-refractivity contribution in [2.24, 2.45) is 5.92 Å². The van der Waals surface area contributed by atoms with Crippen LogP contribution in [0.2, 0.25) is 0 Å². The van der Waals surface area contributed by atoms with Crippen molar-refractivity contribution in [3.63, 3.8) is 0 Å². The summed E-state index contributed by atoms with van der Waals surface area (Å²) in [5.41, 5.74) is 1.07. The van der Waals surface area contributed by atoms with Crippen LogP contribution < -0.4 is 0 Å². The molecule has 16 heavy (non-hydrogen) atoms. The van der Waals surface area contributed by atoms with Crippen molar-refractivity contribution in [1.29, 1.82) is 0 Å². The Balaban J connectivity index is 2.40. The maximum Gasteiger partial charge on any atom is 0.123 e. The number of hydrogen-bond donors (Lipinski definition) is 1. The highest BCUT2D eigenvalue weighted by atomic mass is 19.1. The van der Waals surface area contributed by atoms with Crippen molar-refractivity contribution in [2.75, 3.05) is 20.3 Å². The molecular weight excluding hydrogens is 207 g/mol. The fourth-order valence-electron chi connectivity index (χ4n) is 1.73. The third kappa shape index (κ3) is 4.73. The number of aliphatic hydroxyl groups is 1. The lowest BCUT2D eigenvalue weighted by molar-refractivity contribution is 0.169. The van der Waals surface area contributed by atoms with Crippen LogP contribution in [-0.4, -0.2) is 25.4 Å². The molecule has 0 radical (unpaired) electrons. The monoisotopic (exact) mass is 226 g/mol. The highest BCUT2D eigenvalue weighted by Gasteiger charge is 2.08. The van der Waals surface area contributed by atoms with Gasteiger partial charge in [0.2, 0.25) is 0 Å². The fourth-order valence-corrected chi connectivity index (χ4v) is 1.73. The zero-order valence-electron chi connectivity index (χ0n) is 9.66. The van der Waals surface area contributed by atoms with Gasteiger partial charge < -0.3 is 9.84 Å². The first kappa shape index (κ1) is 13.1. The standard InChI is InChI=1S/C13H19FO2/c1-16-8-2-3-12(10-15)9-11-4-6-13(14)7-5-11/h4-7,12,15H,2-3,8-10H2,1H3. The Hall–Kier alpha value is -0.930. The van der Waals surface area contributed by atoms with E-state index in [2.05, 4.69) is 0 Å². The average molecular weight is 226 g/mol. The average Bonchev–Trinajstić information content (AvgIpc) is 2.31. The second kappa shape index (κ2) is 7.36. The van der Waals surface area contributed by atoms with Crippen LogP contribution in [0.1, 0.15) is 18.4 Å². The topological polar surface area (TPSA) is 29.5 Å². The molecule has 3 heteroatoms. The molecule has 0 amide bonds. The van der Waals surface area contributed by atoms with Crippen LogP contribution in [0.25, 0.3) is 0 Å². The summed E-state index contributed by atoms with van der Waals surface area (Å²) in [4.78, 5) is 0. The fraction of sp³-hybridized carbons (Fsp3) is 0.538. The molecule has 90 valence electrons. The zero-order chi connectivity index (χ0) is 11.8. The summed E-state index contributed by atoms with van der Waals surface area (Å²) in [5, 5.41) is 9.23. The van der Waals surface area contributed by atoms with Gasteiger partial charge in [-0.1, -0.05) is 12.1 Å². The van der Waals surface area contributed by atoms with E-state index in [0.717, 1.165) is 31.4 Å². The van der Waals surface area contributed by atoms with Crippen LogP contribution in [0.4, 0.5) is 4.39 Å². The van der Waals surface area contributed by atoms with Crippen LogP contribution in [-0.2, 0) is 11.2 Å².